The van der Waals surface area contributed by atoms with E-state index in [0.717, 1.165) is 5.56 Å². The summed E-state index contributed by atoms with van der Waals surface area (Å²) in [6.07, 6.45) is 0.785. The van der Waals surface area contributed by atoms with Crippen molar-refractivity contribution in [3.63, 3.8) is 0 Å². The van der Waals surface area contributed by atoms with Gasteiger partial charge in [0.15, 0.2) is 11.6 Å². The van der Waals surface area contributed by atoms with E-state index in [9.17, 15) is 18.8 Å². The van der Waals surface area contributed by atoms with Crippen LogP contribution in [0.1, 0.15) is 62.5 Å². The molecule has 1 aliphatic rings. The standard InChI is InChI=1S/C32H34ClFN2O5/c1-20-18-28(36(21(2)37)24-13-11-23(33)12-14-24)25-8-6-7-9-27(25)35(20)30(38)22-10-15-26(34)29(19-22)41-17-16-32(3,4)31(39)40-5/h6-15,19-20,28H,16-18H2,1-5H3/t20-,28?/m0/s1. The first kappa shape index (κ1) is 30.1. The number of esters is 1. The molecule has 0 fully saturated rings. The van der Waals surface area contributed by atoms with Crippen molar-refractivity contribution in [3.05, 3.63) is 88.7 Å². The summed E-state index contributed by atoms with van der Waals surface area (Å²) < 4.78 is 25.1. The summed E-state index contributed by atoms with van der Waals surface area (Å²) in [4.78, 5) is 42.2. The van der Waals surface area contributed by atoms with Crippen molar-refractivity contribution in [1.29, 1.82) is 0 Å². The van der Waals surface area contributed by atoms with Crippen LogP contribution in [0.15, 0.2) is 66.7 Å². The lowest BCUT2D eigenvalue weighted by atomic mass is 9.89. The first-order valence-corrected chi connectivity index (χ1v) is 13.8. The van der Waals surface area contributed by atoms with Crippen LogP contribution in [0, 0.1) is 11.2 Å². The lowest BCUT2D eigenvalue weighted by Crippen LogP contribution is -2.47. The Kier molecular flexibility index (Phi) is 9.02. The molecule has 1 aliphatic heterocycles. The van der Waals surface area contributed by atoms with Gasteiger partial charge in [-0.3, -0.25) is 14.4 Å². The van der Waals surface area contributed by atoms with E-state index < -0.39 is 11.2 Å². The third kappa shape index (κ3) is 6.38. The average Bonchev–Trinajstić information content (AvgIpc) is 2.94. The largest absolute Gasteiger partial charge is 0.490 e. The molecule has 41 heavy (non-hydrogen) atoms. The third-order valence-corrected chi connectivity index (χ3v) is 7.69. The van der Waals surface area contributed by atoms with Crippen LogP contribution in [0.3, 0.4) is 0 Å². The number of nitrogens with zero attached hydrogens (tertiary/aromatic N) is 2. The minimum atomic E-state index is -0.804. The van der Waals surface area contributed by atoms with Crippen LogP contribution < -0.4 is 14.5 Å². The van der Waals surface area contributed by atoms with Gasteiger partial charge in [0.1, 0.15) is 0 Å². The molecule has 0 bridgehead atoms. The molecule has 9 heteroatoms. The first-order chi connectivity index (χ1) is 19.4. The number of anilines is 2. The second-order valence-electron chi connectivity index (χ2n) is 10.8. The van der Waals surface area contributed by atoms with Crippen LogP contribution in [0.25, 0.3) is 0 Å². The molecule has 3 aromatic carbocycles. The number of hydrogen-bond donors (Lipinski definition) is 0. The smallest absolute Gasteiger partial charge is 0.311 e. The monoisotopic (exact) mass is 580 g/mol. The highest BCUT2D eigenvalue weighted by molar-refractivity contribution is 6.30. The number of carbonyl (C=O) groups is 3. The predicted octanol–water partition coefficient (Wildman–Crippen LogP) is 6.98. The van der Waals surface area contributed by atoms with Gasteiger partial charge in [0.25, 0.3) is 5.91 Å². The molecule has 7 nitrogen and oxygen atoms in total. The fourth-order valence-electron chi connectivity index (χ4n) is 5.20. The number of para-hydroxylation sites is 1. The molecule has 0 saturated heterocycles. The Hall–Kier alpha value is -3.91. The zero-order chi connectivity index (χ0) is 29.9. The van der Waals surface area contributed by atoms with E-state index >= 15 is 0 Å². The number of benzene rings is 3. The Labute approximate surface area is 244 Å². The molecule has 2 amide bonds. The Morgan fingerprint density at radius 2 is 1.76 bits per heavy atom. The number of rotatable bonds is 8. The van der Waals surface area contributed by atoms with Gasteiger partial charge in [-0.15, -0.1) is 0 Å². The first-order valence-electron chi connectivity index (χ1n) is 13.4. The van der Waals surface area contributed by atoms with Crippen molar-refractivity contribution in [2.75, 3.05) is 23.5 Å². The molecule has 1 unspecified atom stereocenters. The van der Waals surface area contributed by atoms with Gasteiger partial charge in [-0.25, -0.2) is 4.39 Å². The van der Waals surface area contributed by atoms with Crippen molar-refractivity contribution in [1.82, 2.24) is 0 Å². The molecule has 0 radical (unpaired) electrons. The molecule has 0 N–H and O–H groups in total. The maximum Gasteiger partial charge on any atom is 0.311 e. The van der Waals surface area contributed by atoms with Gasteiger partial charge in [0, 0.05) is 34.9 Å². The molecule has 216 valence electrons. The minimum absolute atomic E-state index is 0.0624. The summed E-state index contributed by atoms with van der Waals surface area (Å²) in [5.74, 6) is -1.51. The van der Waals surface area contributed by atoms with Gasteiger partial charge in [-0.05, 0) is 87.7 Å². The zero-order valence-electron chi connectivity index (χ0n) is 23.8. The van der Waals surface area contributed by atoms with Gasteiger partial charge in [0.2, 0.25) is 5.91 Å². The Bertz CT molecular complexity index is 1440. The van der Waals surface area contributed by atoms with Crippen LogP contribution in [0.5, 0.6) is 5.75 Å². The fourth-order valence-corrected chi connectivity index (χ4v) is 5.33. The highest BCUT2D eigenvalue weighted by atomic mass is 35.5. The molecule has 4 rings (SSSR count). The van der Waals surface area contributed by atoms with Crippen LogP contribution in [-0.2, 0) is 14.3 Å². The van der Waals surface area contributed by atoms with Crippen LogP contribution >= 0.6 is 11.6 Å². The second kappa shape index (κ2) is 12.3. The van der Waals surface area contributed by atoms with Crippen LogP contribution in [0.2, 0.25) is 5.02 Å². The van der Waals surface area contributed by atoms with Crippen molar-refractivity contribution < 1.29 is 28.2 Å². The van der Waals surface area contributed by atoms with Gasteiger partial charge in [0.05, 0.1) is 25.2 Å². The van der Waals surface area contributed by atoms with Crippen molar-refractivity contribution in [3.8, 4) is 5.75 Å². The molecular formula is C32H34ClFN2O5. The summed E-state index contributed by atoms with van der Waals surface area (Å²) in [6.45, 7) is 6.96. The van der Waals surface area contributed by atoms with Crippen molar-refractivity contribution >= 4 is 40.8 Å². The second-order valence-corrected chi connectivity index (χ2v) is 11.3. The van der Waals surface area contributed by atoms with Gasteiger partial charge >= 0.3 is 5.97 Å². The normalized spacial score (nSPS) is 16.5. The molecular weight excluding hydrogens is 547 g/mol. The summed E-state index contributed by atoms with van der Waals surface area (Å²) in [5.41, 5.74) is 1.67. The van der Waals surface area contributed by atoms with Crippen LogP contribution in [0.4, 0.5) is 15.8 Å². The zero-order valence-corrected chi connectivity index (χ0v) is 24.6. The minimum Gasteiger partial charge on any atom is -0.490 e. The number of methoxy groups -OCH3 is 1. The molecule has 0 saturated carbocycles. The Morgan fingerprint density at radius 1 is 1.07 bits per heavy atom. The van der Waals surface area contributed by atoms with E-state index in [-0.39, 0.29) is 47.8 Å². The Morgan fingerprint density at radius 3 is 2.41 bits per heavy atom. The average molecular weight is 581 g/mol. The van der Waals surface area contributed by atoms with E-state index in [2.05, 4.69) is 0 Å². The lowest BCUT2D eigenvalue weighted by molar-refractivity contribution is -0.151. The van der Waals surface area contributed by atoms with Crippen LogP contribution in [-0.4, -0.2) is 37.5 Å². The van der Waals surface area contributed by atoms with Gasteiger partial charge in [-0.1, -0.05) is 29.8 Å². The Balaban J connectivity index is 1.62. The number of fused-ring (bicyclic) bond motifs is 1. The molecule has 1 heterocycles. The van der Waals surface area contributed by atoms with E-state index in [1.165, 1.54) is 32.2 Å². The SMILES string of the molecule is COC(=O)C(C)(C)CCOc1cc(C(=O)N2c3ccccc3C(N(C(C)=O)c3ccc(Cl)cc3)C[C@@H]2C)ccc1F. The molecule has 3 aromatic rings. The number of hydrogen-bond acceptors (Lipinski definition) is 5. The van der Waals surface area contributed by atoms with E-state index in [4.69, 9.17) is 21.1 Å². The number of halogens is 2. The van der Waals surface area contributed by atoms with E-state index in [0.29, 0.717) is 29.2 Å². The topological polar surface area (TPSA) is 76.2 Å². The van der Waals surface area contributed by atoms with Gasteiger partial charge < -0.3 is 19.3 Å². The number of carbonyl (C=O) groups excluding carboxylic acids is 3. The van der Waals surface area contributed by atoms with Crippen molar-refractivity contribution in [2.24, 2.45) is 5.41 Å². The fraction of sp³-hybridized carbons (Fsp3) is 0.344. The summed E-state index contributed by atoms with van der Waals surface area (Å²) >= 11 is 6.09. The summed E-state index contributed by atoms with van der Waals surface area (Å²) in [7, 11) is 1.32. The quantitative estimate of drug-likeness (QED) is 0.269. The number of amides is 2. The number of ether oxygens (including phenoxy) is 2. The van der Waals surface area contributed by atoms with E-state index in [1.54, 1.807) is 47.9 Å². The molecule has 0 aliphatic carbocycles. The molecule has 2 atom stereocenters. The summed E-state index contributed by atoms with van der Waals surface area (Å²) in [6, 6.07) is 18.0. The predicted molar refractivity (Wildman–Crippen MR) is 157 cm³/mol. The molecule has 0 aromatic heterocycles. The molecule has 0 spiro atoms. The third-order valence-electron chi connectivity index (χ3n) is 7.44. The van der Waals surface area contributed by atoms with E-state index in [1.807, 2.05) is 31.2 Å². The lowest BCUT2D eigenvalue weighted by Gasteiger charge is -2.43. The summed E-state index contributed by atoms with van der Waals surface area (Å²) in [5, 5.41) is 0.571. The highest BCUT2D eigenvalue weighted by Gasteiger charge is 2.38. The maximum absolute atomic E-state index is 14.7. The van der Waals surface area contributed by atoms with Gasteiger partial charge in [-0.2, -0.15) is 0 Å². The van der Waals surface area contributed by atoms with Crippen molar-refractivity contribution in [2.45, 2.75) is 52.6 Å². The maximum atomic E-state index is 14.7. The highest BCUT2D eigenvalue weighted by Crippen LogP contribution is 2.43.